The van der Waals surface area contributed by atoms with Crippen molar-refractivity contribution in [2.75, 3.05) is 12.4 Å². The molecule has 1 N–H and O–H groups in total. The van der Waals surface area contributed by atoms with Gasteiger partial charge in [-0.3, -0.25) is 0 Å². The normalized spacial score (nSPS) is 11.1. The molecule has 0 rings (SSSR count). The fraction of sp³-hybridized carbons (Fsp3) is 0.500. The highest BCUT2D eigenvalue weighted by Gasteiger charge is 2.00. The Hall–Kier alpha value is -0.350. The van der Waals surface area contributed by atoms with Gasteiger partial charge in [-0.05, 0) is 0 Å². The van der Waals surface area contributed by atoms with Gasteiger partial charge in [-0.25, -0.2) is 8.42 Å². The van der Waals surface area contributed by atoms with E-state index in [1.54, 1.807) is 0 Å². The van der Waals surface area contributed by atoms with E-state index in [9.17, 15) is 8.42 Å². The Morgan fingerprint density at radius 2 is 2.12 bits per heavy atom. The van der Waals surface area contributed by atoms with E-state index in [-0.39, 0.29) is 12.4 Å². The number of aliphatic hydroxyl groups excluding tert-OH is 1. The van der Waals surface area contributed by atoms with Crippen molar-refractivity contribution in [3.63, 3.8) is 0 Å². The molecule has 0 heterocycles. The van der Waals surface area contributed by atoms with Crippen LogP contribution in [-0.2, 0) is 9.84 Å². The average molecular weight is 136 g/mol. The minimum absolute atomic E-state index is 0.226. The summed E-state index contributed by atoms with van der Waals surface area (Å²) < 4.78 is 20.6. The molecule has 0 aliphatic carbocycles. The molecule has 0 aromatic heterocycles. The molecule has 0 saturated carbocycles. The van der Waals surface area contributed by atoms with E-state index in [1.807, 2.05) is 0 Å². The summed E-state index contributed by atoms with van der Waals surface area (Å²) in [5.74, 6) is -0.226. The van der Waals surface area contributed by atoms with E-state index in [1.165, 1.54) is 0 Å². The molecule has 0 bridgehead atoms. The molecule has 4 heteroatoms. The lowest BCUT2D eigenvalue weighted by Crippen LogP contribution is -2.04. The highest BCUT2D eigenvalue weighted by molar-refractivity contribution is 7.94. The molecule has 0 spiro atoms. The lowest BCUT2D eigenvalue weighted by atomic mass is 10.9. The lowest BCUT2D eigenvalue weighted by Gasteiger charge is -1.89. The highest BCUT2D eigenvalue weighted by atomic mass is 32.2. The zero-order valence-electron chi connectivity index (χ0n) is 4.37. The van der Waals surface area contributed by atoms with E-state index in [0.717, 1.165) is 5.41 Å². The van der Waals surface area contributed by atoms with Gasteiger partial charge in [0, 0.05) is 5.41 Å². The number of rotatable bonds is 3. The Kier molecular flexibility index (Phi) is 2.71. The van der Waals surface area contributed by atoms with Crippen LogP contribution in [0.5, 0.6) is 0 Å². The first-order chi connectivity index (χ1) is 3.62. The van der Waals surface area contributed by atoms with Gasteiger partial charge in [0.25, 0.3) is 0 Å². The molecule has 0 aromatic rings. The van der Waals surface area contributed by atoms with Gasteiger partial charge in [-0.2, -0.15) is 0 Å². The van der Waals surface area contributed by atoms with Crippen molar-refractivity contribution in [1.29, 1.82) is 0 Å². The van der Waals surface area contributed by atoms with Crippen molar-refractivity contribution >= 4 is 9.84 Å². The SMILES string of the molecule is C=CS(=O)(=O)CCO. The predicted molar refractivity (Wildman–Crippen MR) is 31.1 cm³/mol. The molecule has 0 aliphatic rings. The van der Waals surface area contributed by atoms with Gasteiger partial charge in [0.15, 0.2) is 9.84 Å². The largest absolute Gasteiger partial charge is 0.395 e. The van der Waals surface area contributed by atoms with Crippen LogP contribution < -0.4 is 0 Å². The lowest BCUT2D eigenvalue weighted by molar-refractivity contribution is 0.320. The molecule has 0 radical (unpaired) electrons. The summed E-state index contributed by atoms with van der Waals surface area (Å²) in [6.45, 7) is 2.71. The first-order valence-electron chi connectivity index (χ1n) is 2.08. The Morgan fingerprint density at radius 3 is 2.25 bits per heavy atom. The van der Waals surface area contributed by atoms with E-state index < -0.39 is 9.84 Å². The standard InChI is InChI=1S/C4H8O3S/c1-2-8(6,7)4-3-5/h2,5H,1,3-4H2. The van der Waals surface area contributed by atoms with E-state index >= 15 is 0 Å². The van der Waals surface area contributed by atoms with Crippen molar-refractivity contribution in [3.8, 4) is 0 Å². The van der Waals surface area contributed by atoms with Crippen molar-refractivity contribution in [1.82, 2.24) is 0 Å². The van der Waals surface area contributed by atoms with Crippen molar-refractivity contribution in [3.05, 3.63) is 12.0 Å². The number of hydrogen-bond donors (Lipinski definition) is 1. The second kappa shape index (κ2) is 2.84. The minimum Gasteiger partial charge on any atom is -0.395 e. The zero-order valence-corrected chi connectivity index (χ0v) is 5.19. The molecule has 8 heavy (non-hydrogen) atoms. The fourth-order valence-electron chi connectivity index (χ4n) is 0.211. The van der Waals surface area contributed by atoms with Gasteiger partial charge < -0.3 is 5.11 Å². The van der Waals surface area contributed by atoms with Crippen molar-refractivity contribution in [2.45, 2.75) is 0 Å². The summed E-state index contributed by atoms with van der Waals surface area (Å²) in [4.78, 5) is 0. The van der Waals surface area contributed by atoms with Crippen LogP contribution in [0.3, 0.4) is 0 Å². The van der Waals surface area contributed by atoms with Crippen LogP contribution in [0.25, 0.3) is 0 Å². The molecule has 0 atom stereocenters. The second-order valence-corrected chi connectivity index (χ2v) is 3.32. The van der Waals surface area contributed by atoms with Gasteiger partial charge in [0.1, 0.15) is 0 Å². The molecule has 0 unspecified atom stereocenters. The summed E-state index contributed by atoms with van der Waals surface area (Å²) in [5.41, 5.74) is 0. The monoisotopic (exact) mass is 136 g/mol. The maximum Gasteiger partial charge on any atom is 0.173 e. The summed E-state index contributed by atoms with van der Waals surface area (Å²) in [7, 11) is -3.16. The van der Waals surface area contributed by atoms with E-state index in [2.05, 4.69) is 6.58 Å². The Balaban J connectivity index is 3.95. The van der Waals surface area contributed by atoms with Crippen LogP contribution in [0.2, 0.25) is 0 Å². The first kappa shape index (κ1) is 7.65. The molecular weight excluding hydrogens is 128 g/mol. The van der Waals surface area contributed by atoms with Crippen LogP contribution >= 0.6 is 0 Å². The topological polar surface area (TPSA) is 54.4 Å². The smallest absolute Gasteiger partial charge is 0.173 e. The van der Waals surface area contributed by atoms with Crippen LogP contribution in [-0.4, -0.2) is 25.9 Å². The van der Waals surface area contributed by atoms with Crippen LogP contribution in [0.15, 0.2) is 12.0 Å². The highest BCUT2D eigenvalue weighted by Crippen LogP contribution is 1.86. The third-order valence-electron chi connectivity index (χ3n) is 0.630. The molecule has 48 valence electrons. The van der Waals surface area contributed by atoms with E-state index in [4.69, 9.17) is 5.11 Å². The first-order valence-corrected chi connectivity index (χ1v) is 3.80. The van der Waals surface area contributed by atoms with Gasteiger partial charge in [0.2, 0.25) is 0 Å². The Bertz CT molecular complexity index is 156. The molecule has 0 amide bonds. The third-order valence-corrected chi connectivity index (χ3v) is 1.89. The minimum atomic E-state index is -3.16. The van der Waals surface area contributed by atoms with E-state index in [0.29, 0.717) is 0 Å². The Labute approximate surface area is 48.6 Å². The molecule has 0 fully saturated rings. The predicted octanol–water partition coefficient (Wildman–Crippen LogP) is -0.463. The van der Waals surface area contributed by atoms with Gasteiger partial charge >= 0.3 is 0 Å². The fourth-order valence-corrected chi connectivity index (χ4v) is 0.632. The van der Waals surface area contributed by atoms with Crippen LogP contribution in [0.1, 0.15) is 0 Å². The summed E-state index contributed by atoms with van der Waals surface area (Å²) in [6, 6.07) is 0. The summed E-state index contributed by atoms with van der Waals surface area (Å²) in [5, 5.41) is 8.94. The maximum atomic E-state index is 10.3. The second-order valence-electron chi connectivity index (χ2n) is 1.26. The van der Waals surface area contributed by atoms with Crippen molar-refractivity contribution < 1.29 is 13.5 Å². The zero-order chi connectivity index (χ0) is 6.62. The molecule has 0 aliphatic heterocycles. The summed E-state index contributed by atoms with van der Waals surface area (Å²) >= 11 is 0. The molecular formula is C4H8O3S. The number of sulfone groups is 1. The Morgan fingerprint density at radius 1 is 1.62 bits per heavy atom. The van der Waals surface area contributed by atoms with Crippen LogP contribution in [0.4, 0.5) is 0 Å². The van der Waals surface area contributed by atoms with Gasteiger partial charge in [0.05, 0.1) is 12.4 Å². The summed E-state index contributed by atoms with van der Waals surface area (Å²) in [6.07, 6.45) is 0. The number of aliphatic hydroxyl groups is 1. The molecule has 3 nitrogen and oxygen atoms in total. The molecule has 0 aromatic carbocycles. The maximum absolute atomic E-state index is 10.3. The average Bonchev–Trinajstić information content (AvgIpc) is 1.67. The van der Waals surface area contributed by atoms with Gasteiger partial charge in [-0.15, -0.1) is 0 Å². The van der Waals surface area contributed by atoms with Crippen LogP contribution in [0, 0.1) is 0 Å². The van der Waals surface area contributed by atoms with Gasteiger partial charge in [-0.1, -0.05) is 6.58 Å². The molecule has 0 saturated heterocycles. The van der Waals surface area contributed by atoms with Crippen molar-refractivity contribution in [2.24, 2.45) is 0 Å². The number of hydrogen-bond acceptors (Lipinski definition) is 3. The quantitative estimate of drug-likeness (QED) is 0.571. The third kappa shape index (κ3) is 2.76.